The fraction of sp³-hybridized carbons (Fsp3) is 0.105. The average molecular weight is 336 g/mol. The first kappa shape index (κ1) is 16.4. The van der Waals surface area contributed by atoms with E-state index >= 15 is 0 Å². The van der Waals surface area contributed by atoms with Crippen LogP contribution in [0.5, 0.6) is 0 Å². The highest BCUT2D eigenvalue weighted by atomic mass is 16.6. The van der Waals surface area contributed by atoms with E-state index in [0.717, 1.165) is 5.56 Å². The lowest BCUT2D eigenvalue weighted by Gasteiger charge is -2.17. The molecule has 1 N–H and O–H groups in total. The van der Waals surface area contributed by atoms with Crippen molar-refractivity contribution in [2.45, 2.75) is 13.0 Å². The van der Waals surface area contributed by atoms with Crippen molar-refractivity contribution in [3.8, 4) is 0 Å². The van der Waals surface area contributed by atoms with Gasteiger partial charge in [0.05, 0.1) is 11.2 Å². The van der Waals surface area contributed by atoms with Crippen molar-refractivity contribution in [1.29, 1.82) is 0 Å². The maximum absolute atomic E-state index is 12.6. The lowest BCUT2D eigenvalue weighted by molar-refractivity contribution is -0.385. The molecular weight excluding hydrogens is 320 g/mol. The van der Waals surface area contributed by atoms with Crippen LogP contribution in [0.15, 0.2) is 71.3 Å². The molecule has 1 atom stereocenters. The number of aryl methyl sites for hydroxylation is 1. The Kier molecular flexibility index (Phi) is 4.61. The van der Waals surface area contributed by atoms with E-state index in [1.165, 1.54) is 18.2 Å². The van der Waals surface area contributed by atoms with E-state index in [2.05, 4.69) is 5.32 Å². The van der Waals surface area contributed by atoms with E-state index in [-0.39, 0.29) is 11.6 Å². The topological polar surface area (TPSA) is 85.4 Å². The SMILES string of the molecule is Cc1cc(C(=O)N[C@H](c2ccccc2)c2ccco2)ccc1[N+](=O)[O-]. The third-order valence-corrected chi connectivity index (χ3v) is 3.89. The first-order valence-electron chi connectivity index (χ1n) is 7.70. The number of amides is 1. The van der Waals surface area contributed by atoms with E-state index in [9.17, 15) is 14.9 Å². The van der Waals surface area contributed by atoms with Crippen molar-refractivity contribution in [3.63, 3.8) is 0 Å². The molecule has 6 nitrogen and oxygen atoms in total. The number of benzene rings is 2. The van der Waals surface area contributed by atoms with E-state index in [0.29, 0.717) is 16.9 Å². The minimum absolute atomic E-state index is 0.0119. The number of hydrogen-bond donors (Lipinski definition) is 1. The van der Waals surface area contributed by atoms with Gasteiger partial charge in [0.1, 0.15) is 11.8 Å². The first-order chi connectivity index (χ1) is 12.1. The van der Waals surface area contributed by atoms with E-state index in [1.807, 2.05) is 30.3 Å². The number of nitrogens with one attached hydrogen (secondary N) is 1. The van der Waals surface area contributed by atoms with E-state index < -0.39 is 11.0 Å². The van der Waals surface area contributed by atoms with Crippen LogP contribution in [0.2, 0.25) is 0 Å². The lowest BCUT2D eigenvalue weighted by Crippen LogP contribution is -2.29. The Bertz CT molecular complexity index is 889. The normalized spacial score (nSPS) is 11.7. The second-order valence-corrected chi connectivity index (χ2v) is 5.59. The number of furan rings is 1. The van der Waals surface area contributed by atoms with Gasteiger partial charge in [-0.25, -0.2) is 0 Å². The molecule has 0 unspecified atom stereocenters. The quantitative estimate of drug-likeness (QED) is 0.563. The zero-order valence-corrected chi connectivity index (χ0v) is 13.5. The molecule has 0 radical (unpaired) electrons. The van der Waals surface area contributed by atoms with Gasteiger partial charge >= 0.3 is 0 Å². The second kappa shape index (κ2) is 7.00. The molecule has 3 rings (SSSR count). The molecule has 1 heterocycles. The predicted octanol–water partition coefficient (Wildman–Crippen LogP) is 4.02. The van der Waals surface area contributed by atoms with Crippen LogP contribution in [0.1, 0.15) is 33.3 Å². The Morgan fingerprint density at radius 3 is 2.48 bits per heavy atom. The van der Waals surface area contributed by atoms with Crippen LogP contribution >= 0.6 is 0 Å². The van der Waals surface area contributed by atoms with Crippen LogP contribution in [0.3, 0.4) is 0 Å². The Morgan fingerprint density at radius 1 is 1.12 bits per heavy atom. The summed E-state index contributed by atoms with van der Waals surface area (Å²) in [6, 6.07) is 16.9. The van der Waals surface area contributed by atoms with Gasteiger partial charge in [0, 0.05) is 17.2 Å². The standard InChI is InChI=1S/C19H16N2O4/c1-13-12-15(9-10-16(13)21(23)24)19(22)20-18(17-8-5-11-25-17)14-6-3-2-4-7-14/h2-12,18H,1H3,(H,20,22)/t18-/m1/s1. The number of carbonyl (C=O) groups excluding carboxylic acids is 1. The largest absolute Gasteiger partial charge is 0.467 e. The van der Waals surface area contributed by atoms with Crippen LogP contribution in [-0.2, 0) is 0 Å². The summed E-state index contributed by atoms with van der Waals surface area (Å²) < 4.78 is 5.46. The van der Waals surface area contributed by atoms with Crippen LogP contribution < -0.4 is 5.32 Å². The van der Waals surface area contributed by atoms with Crippen molar-refractivity contribution in [3.05, 3.63) is 99.5 Å². The van der Waals surface area contributed by atoms with Gasteiger partial charge < -0.3 is 9.73 Å². The molecule has 0 spiro atoms. The summed E-state index contributed by atoms with van der Waals surface area (Å²) in [5.74, 6) is 0.279. The third kappa shape index (κ3) is 3.58. The summed E-state index contributed by atoms with van der Waals surface area (Å²) in [4.78, 5) is 23.1. The Morgan fingerprint density at radius 2 is 1.88 bits per heavy atom. The van der Waals surface area contributed by atoms with Gasteiger partial charge in [-0.15, -0.1) is 0 Å². The van der Waals surface area contributed by atoms with Crippen LogP contribution in [0.4, 0.5) is 5.69 Å². The Balaban J connectivity index is 1.89. The summed E-state index contributed by atoms with van der Waals surface area (Å²) in [7, 11) is 0. The van der Waals surface area contributed by atoms with Crippen LogP contribution in [-0.4, -0.2) is 10.8 Å². The molecule has 3 aromatic rings. The van der Waals surface area contributed by atoms with E-state index in [1.54, 1.807) is 25.3 Å². The molecule has 2 aromatic carbocycles. The minimum Gasteiger partial charge on any atom is -0.467 e. The average Bonchev–Trinajstić information content (AvgIpc) is 3.14. The highest BCUT2D eigenvalue weighted by Gasteiger charge is 2.21. The van der Waals surface area contributed by atoms with Crippen molar-refractivity contribution >= 4 is 11.6 Å². The summed E-state index contributed by atoms with van der Waals surface area (Å²) >= 11 is 0. The molecule has 0 aliphatic heterocycles. The molecule has 1 aromatic heterocycles. The minimum atomic E-state index is -0.466. The lowest BCUT2D eigenvalue weighted by atomic mass is 10.0. The van der Waals surface area contributed by atoms with Gasteiger partial charge in [-0.3, -0.25) is 14.9 Å². The second-order valence-electron chi connectivity index (χ2n) is 5.59. The summed E-state index contributed by atoms with van der Waals surface area (Å²) in [5.41, 5.74) is 1.66. The van der Waals surface area contributed by atoms with Crippen molar-refractivity contribution in [2.24, 2.45) is 0 Å². The number of carbonyl (C=O) groups is 1. The van der Waals surface area contributed by atoms with Gasteiger partial charge in [-0.05, 0) is 36.8 Å². The summed E-state index contributed by atoms with van der Waals surface area (Å²) in [6.07, 6.45) is 1.55. The molecule has 25 heavy (non-hydrogen) atoms. The third-order valence-electron chi connectivity index (χ3n) is 3.89. The molecule has 0 saturated carbocycles. The Labute approximate surface area is 144 Å². The molecule has 0 aliphatic carbocycles. The van der Waals surface area contributed by atoms with Crippen LogP contribution in [0.25, 0.3) is 0 Å². The zero-order chi connectivity index (χ0) is 17.8. The van der Waals surface area contributed by atoms with Crippen molar-refractivity contribution in [1.82, 2.24) is 5.32 Å². The van der Waals surface area contributed by atoms with Crippen molar-refractivity contribution in [2.75, 3.05) is 0 Å². The molecule has 126 valence electrons. The highest BCUT2D eigenvalue weighted by molar-refractivity contribution is 5.95. The molecule has 6 heteroatoms. The zero-order valence-electron chi connectivity index (χ0n) is 13.5. The fourth-order valence-corrected chi connectivity index (χ4v) is 2.64. The number of hydrogen-bond acceptors (Lipinski definition) is 4. The van der Waals surface area contributed by atoms with Crippen LogP contribution in [0, 0.1) is 17.0 Å². The summed E-state index contributed by atoms with van der Waals surface area (Å²) in [6.45, 7) is 1.61. The maximum Gasteiger partial charge on any atom is 0.272 e. The molecule has 0 bridgehead atoms. The van der Waals surface area contributed by atoms with Crippen molar-refractivity contribution < 1.29 is 14.1 Å². The first-order valence-corrected chi connectivity index (χ1v) is 7.70. The number of nitro benzene ring substituents is 1. The van der Waals surface area contributed by atoms with Gasteiger partial charge in [0.2, 0.25) is 0 Å². The number of nitro groups is 1. The molecule has 1 amide bonds. The predicted molar refractivity (Wildman–Crippen MR) is 92.3 cm³/mol. The fourth-order valence-electron chi connectivity index (χ4n) is 2.64. The van der Waals surface area contributed by atoms with Gasteiger partial charge in [0.25, 0.3) is 11.6 Å². The summed E-state index contributed by atoms with van der Waals surface area (Å²) in [5, 5.41) is 13.8. The highest BCUT2D eigenvalue weighted by Crippen LogP contribution is 2.24. The Hall–Kier alpha value is -3.41. The maximum atomic E-state index is 12.6. The number of rotatable bonds is 5. The molecule has 0 fully saturated rings. The van der Waals surface area contributed by atoms with Gasteiger partial charge in [-0.1, -0.05) is 30.3 Å². The van der Waals surface area contributed by atoms with Gasteiger partial charge in [0.15, 0.2) is 0 Å². The van der Waals surface area contributed by atoms with Gasteiger partial charge in [-0.2, -0.15) is 0 Å². The van der Waals surface area contributed by atoms with E-state index in [4.69, 9.17) is 4.42 Å². The molecular formula is C19H16N2O4. The molecule has 0 saturated heterocycles. The number of nitrogens with zero attached hydrogens (tertiary/aromatic N) is 1. The monoisotopic (exact) mass is 336 g/mol. The molecule has 0 aliphatic rings. The smallest absolute Gasteiger partial charge is 0.272 e.